The fourth-order valence-corrected chi connectivity index (χ4v) is 6.71. The minimum absolute atomic E-state index is 0.113. The Morgan fingerprint density at radius 1 is 1.00 bits per heavy atom. The smallest absolute Gasteiger partial charge is 0.414 e. The van der Waals surface area contributed by atoms with Gasteiger partial charge >= 0.3 is 6.09 Å². The van der Waals surface area contributed by atoms with E-state index in [1.54, 1.807) is 22.6 Å². The number of sulfone groups is 1. The van der Waals surface area contributed by atoms with Gasteiger partial charge in [0.2, 0.25) is 15.0 Å². The monoisotopic (exact) mass is 617 g/mol. The summed E-state index contributed by atoms with van der Waals surface area (Å²) in [6.07, 6.45) is 5.09. The first kappa shape index (κ1) is 29.8. The van der Waals surface area contributed by atoms with E-state index in [-0.39, 0.29) is 29.5 Å². The maximum absolute atomic E-state index is 14.4. The van der Waals surface area contributed by atoms with Gasteiger partial charge < -0.3 is 14.4 Å². The lowest BCUT2D eigenvalue weighted by Gasteiger charge is -2.38. The fourth-order valence-electron chi connectivity index (χ4n) is 6.21. The van der Waals surface area contributed by atoms with Gasteiger partial charge in [0, 0.05) is 44.1 Å². The van der Waals surface area contributed by atoms with Crippen LogP contribution in [-0.2, 0) is 25.9 Å². The van der Waals surface area contributed by atoms with Gasteiger partial charge in [0.1, 0.15) is 17.9 Å². The van der Waals surface area contributed by atoms with Crippen LogP contribution in [0.15, 0.2) is 70.7 Å². The highest BCUT2D eigenvalue weighted by Gasteiger charge is 2.33. The molecule has 0 radical (unpaired) electrons. The minimum atomic E-state index is -3.70. The average Bonchev–Trinajstić information content (AvgIpc) is 3.03. The molecule has 3 heterocycles. The molecule has 1 aliphatic heterocycles. The molecule has 0 unspecified atom stereocenters. The summed E-state index contributed by atoms with van der Waals surface area (Å²) in [6, 6.07) is 16.7. The Kier molecular flexibility index (Phi) is 8.12. The van der Waals surface area contributed by atoms with Crippen LogP contribution in [0.4, 0.5) is 21.9 Å². The number of pyridine rings is 1. The first-order valence-electron chi connectivity index (χ1n) is 14.7. The van der Waals surface area contributed by atoms with Crippen molar-refractivity contribution >= 4 is 44.0 Å². The Morgan fingerprint density at radius 3 is 2.45 bits per heavy atom. The van der Waals surface area contributed by atoms with Crippen molar-refractivity contribution in [1.29, 1.82) is 0 Å². The van der Waals surface area contributed by atoms with Crippen LogP contribution in [0.5, 0.6) is 0 Å². The normalized spacial score (nSPS) is 18.7. The summed E-state index contributed by atoms with van der Waals surface area (Å²) in [7, 11) is -2.01. The van der Waals surface area contributed by atoms with Crippen molar-refractivity contribution in [3.63, 3.8) is 0 Å². The molecule has 6 rings (SSSR count). The van der Waals surface area contributed by atoms with Crippen molar-refractivity contribution in [2.45, 2.75) is 56.5 Å². The summed E-state index contributed by atoms with van der Waals surface area (Å²) in [4.78, 5) is 39.8. The number of nitrogens with zero attached hydrogens (tertiary/aromatic N) is 5. The van der Waals surface area contributed by atoms with Crippen LogP contribution in [0.25, 0.3) is 11.0 Å². The van der Waals surface area contributed by atoms with Crippen LogP contribution in [0.2, 0.25) is 0 Å². The summed E-state index contributed by atoms with van der Waals surface area (Å²) in [5, 5.41) is 0.236. The number of para-hydroxylation sites is 1. The van der Waals surface area contributed by atoms with Crippen LogP contribution in [0, 0.1) is 6.92 Å². The van der Waals surface area contributed by atoms with E-state index in [2.05, 4.69) is 9.97 Å². The van der Waals surface area contributed by atoms with Gasteiger partial charge in [-0.3, -0.25) is 14.3 Å². The highest BCUT2D eigenvalue weighted by Crippen LogP contribution is 2.40. The largest absolute Gasteiger partial charge is 0.444 e. The van der Waals surface area contributed by atoms with Gasteiger partial charge in [-0.2, -0.15) is 4.98 Å². The van der Waals surface area contributed by atoms with Crippen molar-refractivity contribution < 1.29 is 22.7 Å². The van der Waals surface area contributed by atoms with Crippen molar-refractivity contribution in [2.24, 2.45) is 0 Å². The zero-order valence-corrected chi connectivity index (χ0v) is 25.8. The Hall–Kier alpha value is -4.29. The van der Waals surface area contributed by atoms with E-state index >= 15 is 0 Å². The predicted octanol–water partition coefficient (Wildman–Crippen LogP) is 4.93. The Morgan fingerprint density at radius 2 is 1.75 bits per heavy atom. The van der Waals surface area contributed by atoms with Gasteiger partial charge in [0.15, 0.2) is 0 Å². The van der Waals surface area contributed by atoms with Crippen molar-refractivity contribution in [3.8, 4) is 0 Å². The molecule has 44 heavy (non-hydrogen) atoms. The number of carbonyl (C=O) groups excluding carboxylic acids is 1. The summed E-state index contributed by atoms with van der Waals surface area (Å²) >= 11 is 0. The predicted molar refractivity (Wildman–Crippen MR) is 167 cm³/mol. The number of aryl methyl sites for hydroxylation is 1. The van der Waals surface area contributed by atoms with Crippen LogP contribution in [-0.4, -0.2) is 61.6 Å². The fraction of sp³-hybridized carbons (Fsp3) is 0.375. The third-order valence-electron chi connectivity index (χ3n) is 8.45. The molecule has 1 amide bonds. The average molecular weight is 618 g/mol. The maximum atomic E-state index is 14.4. The molecule has 2 aromatic carbocycles. The Balaban J connectivity index is 1.42. The SMILES string of the molecule is COC1CCC(n2c(=O)c(N3CCN(C(=O)OCc4ccccc4)c4c(C)cccc43)cc3cnc(S(C)(=O)=O)nc32)CC1. The quantitative estimate of drug-likeness (QED) is 0.277. The lowest BCUT2D eigenvalue weighted by molar-refractivity contribution is 0.0585. The summed E-state index contributed by atoms with van der Waals surface area (Å²) in [5.41, 5.74) is 3.56. The number of hydrogen-bond acceptors (Lipinski definition) is 9. The molecule has 4 aromatic rings. The highest BCUT2D eigenvalue weighted by molar-refractivity contribution is 7.90. The standard InChI is InChI=1S/C32H35N5O6S/c1-21-8-7-11-26-28(21)36(32(39)43-20-22-9-5-4-6-10-22)17-16-35(26)27-18-23-19-33-31(44(3,40)41)34-29(23)37(30(27)38)24-12-14-25(42-2)15-13-24/h4-11,18-19,24-25H,12-17,20H2,1-3H3. The number of fused-ring (bicyclic) bond motifs is 2. The lowest BCUT2D eigenvalue weighted by Crippen LogP contribution is -2.45. The van der Waals surface area contributed by atoms with Crippen LogP contribution in [0.1, 0.15) is 42.9 Å². The van der Waals surface area contributed by atoms with Crippen LogP contribution < -0.4 is 15.4 Å². The molecule has 1 fully saturated rings. The molecule has 1 saturated carbocycles. The van der Waals surface area contributed by atoms with Crippen LogP contribution in [0.3, 0.4) is 0 Å². The zero-order valence-electron chi connectivity index (χ0n) is 25.0. The first-order chi connectivity index (χ1) is 21.2. The van der Waals surface area contributed by atoms with Crippen LogP contribution >= 0.6 is 0 Å². The zero-order chi connectivity index (χ0) is 31.0. The second kappa shape index (κ2) is 12.0. The van der Waals surface area contributed by atoms with E-state index in [9.17, 15) is 18.0 Å². The number of benzene rings is 2. The molecule has 0 bridgehead atoms. The summed E-state index contributed by atoms with van der Waals surface area (Å²) < 4.78 is 37.6. The number of anilines is 3. The number of hydrogen-bond donors (Lipinski definition) is 0. The number of rotatable bonds is 6. The van der Waals surface area contributed by atoms with E-state index < -0.39 is 15.9 Å². The highest BCUT2D eigenvalue weighted by atomic mass is 32.2. The second-order valence-electron chi connectivity index (χ2n) is 11.4. The molecule has 12 heteroatoms. The second-order valence-corrected chi connectivity index (χ2v) is 13.3. The minimum Gasteiger partial charge on any atom is -0.444 e. The number of amides is 1. The molecular formula is C32H35N5O6S. The number of aromatic nitrogens is 3. The topological polar surface area (TPSA) is 124 Å². The van der Waals surface area contributed by atoms with E-state index in [4.69, 9.17) is 9.47 Å². The molecule has 0 saturated heterocycles. The number of ether oxygens (including phenoxy) is 2. The van der Waals surface area contributed by atoms with Crippen molar-refractivity contribution in [2.75, 3.05) is 36.3 Å². The van der Waals surface area contributed by atoms with E-state index in [0.717, 1.165) is 30.2 Å². The van der Waals surface area contributed by atoms with Gasteiger partial charge in [-0.25, -0.2) is 18.2 Å². The van der Waals surface area contributed by atoms with Gasteiger partial charge in [0.05, 0.1) is 17.5 Å². The summed E-state index contributed by atoms with van der Waals surface area (Å²) in [5.74, 6) is 0. The molecule has 2 aliphatic rings. The van der Waals surface area contributed by atoms with E-state index in [1.165, 1.54) is 6.20 Å². The molecule has 1 aliphatic carbocycles. The van der Waals surface area contributed by atoms with E-state index in [0.29, 0.717) is 54.0 Å². The van der Waals surface area contributed by atoms with E-state index in [1.807, 2.05) is 60.4 Å². The Labute approximate surface area is 256 Å². The van der Waals surface area contributed by atoms with Gasteiger partial charge in [-0.05, 0) is 55.9 Å². The third-order valence-corrected chi connectivity index (χ3v) is 9.31. The molecular weight excluding hydrogens is 582 g/mol. The molecule has 0 spiro atoms. The molecule has 0 atom stereocenters. The number of methoxy groups -OCH3 is 1. The van der Waals surface area contributed by atoms with Crippen molar-refractivity contribution in [1.82, 2.24) is 14.5 Å². The van der Waals surface area contributed by atoms with Crippen molar-refractivity contribution in [3.05, 3.63) is 82.3 Å². The van der Waals surface area contributed by atoms with Gasteiger partial charge in [-0.15, -0.1) is 0 Å². The Bertz CT molecular complexity index is 1870. The van der Waals surface area contributed by atoms with Gasteiger partial charge in [0.25, 0.3) is 5.56 Å². The first-order valence-corrected chi connectivity index (χ1v) is 16.6. The third kappa shape index (κ3) is 5.67. The number of carbonyl (C=O) groups is 1. The molecule has 11 nitrogen and oxygen atoms in total. The maximum Gasteiger partial charge on any atom is 0.414 e. The molecule has 230 valence electrons. The summed E-state index contributed by atoms with van der Waals surface area (Å²) in [6.45, 7) is 2.71. The molecule has 2 aromatic heterocycles. The lowest BCUT2D eigenvalue weighted by atomic mass is 9.92. The molecule has 0 N–H and O–H groups in total. The van der Waals surface area contributed by atoms with Gasteiger partial charge in [-0.1, -0.05) is 42.5 Å².